The summed E-state index contributed by atoms with van der Waals surface area (Å²) >= 11 is 7.02. The van der Waals surface area contributed by atoms with E-state index in [0.717, 1.165) is 10.9 Å². The molecule has 2 aromatic carbocycles. The maximum absolute atomic E-state index is 5.81. The van der Waals surface area contributed by atoms with Crippen LogP contribution >= 0.6 is 23.1 Å². The first-order valence-electron chi connectivity index (χ1n) is 4.82. The van der Waals surface area contributed by atoms with Crippen molar-refractivity contribution in [3.05, 3.63) is 46.9 Å². The van der Waals surface area contributed by atoms with Gasteiger partial charge in [-0.1, -0.05) is 42.5 Å². The van der Waals surface area contributed by atoms with Crippen LogP contribution in [0.1, 0.15) is 0 Å². The number of benzene rings is 2. The van der Waals surface area contributed by atoms with Crippen molar-refractivity contribution in [1.29, 1.82) is 0 Å². The van der Waals surface area contributed by atoms with Gasteiger partial charge in [-0.15, -0.1) is 0 Å². The van der Waals surface area contributed by atoms with Gasteiger partial charge in [0.15, 0.2) is 5.82 Å². The predicted octanol–water partition coefficient (Wildman–Crippen LogP) is 4.01. The molecule has 0 aliphatic heterocycles. The summed E-state index contributed by atoms with van der Waals surface area (Å²) in [6.45, 7) is 0. The molecule has 3 aromatic rings. The molecule has 1 aromatic heterocycles. The van der Waals surface area contributed by atoms with Gasteiger partial charge in [-0.05, 0) is 33.9 Å². The monoisotopic (exact) mass is 246 g/mol. The lowest BCUT2D eigenvalue weighted by molar-refractivity contribution is 1.33. The van der Waals surface area contributed by atoms with Crippen LogP contribution in [0.15, 0.2) is 42.5 Å². The molecule has 0 N–H and O–H groups in total. The summed E-state index contributed by atoms with van der Waals surface area (Å²) < 4.78 is 4.71. The van der Waals surface area contributed by atoms with Crippen LogP contribution in [0.3, 0.4) is 0 Å². The SMILES string of the molecule is Clc1nc(-c2cccc3ccccc23)ns1. The van der Waals surface area contributed by atoms with E-state index in [1.54, 1.807) is 0 Å². The van der Waals surface area contributed by atoms with Crippen molar-refractivity contribution in [2.45, 2.75) is 0 Å². The van der Waals surface area contributed by atoms with Crippen LogP contribution in [0.5, 0.6) is 0 Å². The largest absolute Gasteiger partial charge is 0.203 e. The molecular formula is C12H7ClN2S. The van der Waals surface area contributed by atoms with Gasteiger partial charge in [0.1, 0.15) is 0 Å². The van der Waals surface area contributed by atoms with Crippen LogP contribution in [0.25, 0.3) is 22.2 Å². The zero-order valence-electron chi connectivity index (χ0n) is 8.22. The third kappa shape index (κ3) is 1.58. The summed E-state index contributed by atoms with van der Waals surface area (Å²) in [7, 11) is 0. The van der Waals surface area contributed by atoms with Crippen molar-refractivity contribution >= 4 is 33.9 Å². The molecule has 0 spiro atoms. The molecule has 0 unspecified atom stereocenters. The molecule has 0 amide bonds. The van der Waals surface area contributed by atoms with Crippen LogP contribution in [0.4, 0.5) is 0 Å². The molecule has 78 valence electrons. The van der Waals surface area contributed by atoms with Gasteiger partial charge in [0.05, 0.1) is 0 Å². The minimum atomic E-state index is 0.475. The Morgan fingerprint density at radius 1 is 1.00 bits per heavy atom. The molecule has 3 rings (SSSR count). The number of aromatic nitrogens is 2. The van der Waals surface area contributed by atoms with Gasteiger partial charge in [-0.2, -0.15) is 4.37 Å². The van der Waals surface area contributed by atoms with Crippen molar-refractivity contribution in [3.63, 3.8) is 0 Å². The lowest BCUT2D eigenvalue weighted by Gasteiger charge is -2.01. The average Bonchev–Trinajstić information content (AvgIpc) is 2.75. The van der Waals surface area contributed by atoms with Gasteiger partial charge in [-0.25, -0.2) is 4.98 Å². The van der Waals surface area contributed by atoms with Gasteiger partial charge in [-0.3, -0.25) is 0 Å². The molecular weight excluding hydrogens is 240 g/mol. The number of rotatable bonds is 1. The molecule has 0 saturated heterocycles. The number of hydrogen-bond donors (Lipinski definition) is 0. The minimum absolute atomic E-state index is 0.475. The highest BCUT2D eigenvalue weighted by molar-refractivity contribution is 7.10. The lowest BCUT2D eigenvalue weighted by atomic mass is 10.0. The van der Waals surface area contributed by atoms with Gasteiger partial charge in [0, 0.05) is 5.56 Å². The van der Waals surface area contributed by atoms with Gasteiger partial charge in [0.2, 0.25) is 4.47 Å². The third-order valence-electron chi connectivity index (χ3n) is 2.43. The Labute approximate surface area is 102 Å². The molecule has 0 radical (unpaired) electrons. The summed E-state index contributed by atoms with van der Waals surface area (Å²) in [6, 6.07) is 14.3. The molecule has 1 heterocycles. The van der Waals surface area contributed by atoms with Crippen molar-refractivity contribution < 1.29 is 0 Å². The molecule has 0 bridgehead atoms. The standard InChI is InChI=1S/C12H7ClN2S/c13-12-14-11(15-16-12)10-7-3-5-8-4-1-2-6-9(8)10/h1-7H. The minimum Gasteiger partial charge on any atom is -0.203 e. The second kappa shape index (κ2) is 3.85. The highest BCUT2D eigenvalue weighted by atomic mass is 35.5. The van der Waals surface area contributed by atoms with Crippen LogP contribution < -0.4 is 0 Å². The van der Waals surface area contributed by atoms with E-state index in [-0.39, 0.29) is 0 Å². The molecule has 0 fully saturated rings. The first-order chi connectivity index (χ1) is 7.84. The zero-order chi connectivity index (χ0) is 11.0. The first-order valence-corrected chi connectivity index (χ1v) is 5.97. The summed E-state index contributed by atoms with van der Waals surface area (Å²) in [6.07, 6.45) is 0. The predicted molar refractivity (Wildman–Crippen MR) is 67.9 cm³/mol. The highest BCUT2D eigenvalue weighted by Crippen LogP contribution is 2.28. The molecule has 0 aliphatic carbocycles. The number of nitrogens with zero attached hydrogens (tertiary/aromatic N) is 2. The Bertz CT molecular complexity index is 643. The number of fused-ring (bicyclic) bond motifs is 1. The summed E-state index contributed by atoms with van der Waals surface area (Å²) in [5.41, 5.74) is 1.03. The number of hydrogen-bond acceptors (Lipinski definition) is 3. The van der Waals surface area contributed by atoms with Crippen molar-refractivity contribution in [2.24, 2.45) is 0 Å². The average molecular weight is 247 g/mol. The Balaban J connectivity index is 2.31. The third-order valence-corrected chi connectivity index (χ3v) is 3.23. The van der Waals surface area contributed by atoms with Crippen LogP contribution in [-0.2, 0) is 0 Å². The fraction of sp³-hybridized carbons (Fsp3) is 0. The quantitative estimate of drug-likeness (QED) is 0.648. The normalized spacial score (nSPS) is 10.8. The summed E-state index contributed by atoms with van der Waals surface area (Å²) in [5.74, 6) is 0.701. The van der Waals surface area contributed by atoms with Crippen molar-refractivity contribution in [1.82, 2.24) is 9.36 Å². The maximum atomic E-state index is 5.81. The van der Waals surface area contributed by atoms with E-state index in [1.165, 1.54) is 16.9 Å². The topological polar surface area (TPSA) is 25.8 Å². The van der Waals surface area contributed by atoms with E-state index in [2.05, 4.69) is 27.6 Å². The first kappa shape index (κ1) is 9.75. The smallest absolute Gasteiger partial charge is 0.203 e. The fourth-order valence-electron chi connectivity index (χ4n) is 1.73. The van der Waals surface area contributed by atoms with E-state index >= 15 is 0 Å². The van der Waals surface area contributed by atoms with Gasteiger partial charge in [0.25, 0.3) is 0 Å². The maximum Gasteiger partial charge on any atom is 0.203 e. The summed E-state index contributed by atoms with van der Waals surface area (Å²) in [4.78, 5) is 4.20. The highest BCUT2D eigenvalue weighted by Gasteiger charge is 2.08. The number of halogens is 1. The molecule has 2 nitrogen and oxygen atoms in total. The fourth-order valence-corrected chi connectivity index (χ4v) is 2.35. The van der Waals surface area contributed by atoms with Crippen molar-refractivity contribution in [3.8, 4) is 11.4 Å². The summed E-state index contributed by atoms with van der Waals surface area (Å²) in [5, 5.41) is 2.34. The molecule has 16 heavy (non-hydrogen) atoms. The molecule has 0 aliphatic rings. The Hall–Kier alpha value is -1.45. The van der Waals surface area contributed by atoms with E-state index < -0.39 is 0 Å². The van der Waals surface area contributed by atoms with Gasteiger partial charge < -0.3 is 0 Å². The zero-order valence-corrected chi connectivity index (χ0v) is 9.79. The van der Waals surface area contributed by atoms with E-state index in [1.807, 2.05) is 24.3 Å². The van der Waals surface area contributed by atoms with E-state index in [0.29, 0.717) is 10.3 Å². The Kier molecular flexibility index (Phi) is 2.35. The molecule has 4 heteroatoms. The van der Waals surface area contributed by atoms with E-state index in [4.69, 9.17) is 11.6 Å². The Morgan fingerprint density at radius 3 is 2.62 bits per heavy atom. The van der Waals surface area contributed by atoms with Crippen LogP contribution in [0.2, 0.25) is 4.47 Å². The Morgan fingerprint density at radius 2 is 1.81 bits per heavy atom. The second-order valence-corrected chi connectivity index (χ2v) is 4.73. The van der Waals surface area contributed by atoms with Crippen LogP contribution in [-0.4, -0.2) is 9.36 Å². The second-order valence-electron chi connectivity index (χ2n) is 3.40. The molecule has 0 saturated carbocycles. The van der Waals surface area contributed by atoms with Crippen LogP contribution in [0, 0.1) is 0 Å². The van der Waals surface area contributed by atoms with E-state index in [9.17, 15) is 0 Å². The lowest BCUT2D eigenvalue weighted by Crippen LogP contribution is -1.82. The van der Waals surface area contributed by atoms with Gasteiger partial charge >= 0.3 is 0 Å². The van der Waals surface area contributed by atoms with Crippen molar-refractivity contribution in [2.75, 3.05) is 0 Å². The molecule has 0 atom stereocenters.